The summed E-state index contributed by atoms with van der Waals surface area (Å²) >= 11 is 5.52. The maximum Gasteiger partial charge on any atom is 0.252 e. The molecule has 19 heavy (non-hydrogen) atoms. The van der Waals surface area contributed by atoms with Gasteiger partial charge in [0.1, 0.15) is 0 Å². The van der Waals surface area contributed by atoms with E-state index in [1.807, 2.05) is 18.2 Å². The molecule has 1 N–H and O–H groups in total. The minimum atomic E-state index is -0.0532. The number of halogens is 2. The van der Waals surface area contributed by atoms with E-state index in [-0.39, 0.29) is 5.91 Å². The number of hydrogen-bond acceptors (Lipinski definition) is 3. The van der Waals surface area contributed by atoms with Gasteiger partial charge in [0.25, 0.3) is 5.91 Å². The van der Waals surface area contributed by atoms with Crippen molar-refractivity contribution < 1.29 is 14.3 Å². The van der Waals surface area contributed by atoms with Crippen LogP contribution in [0, 0.1) is 3.57 Å². The molecular weight excluding hydrogens is 425 g/mol. The summed E-state index contributed by atoms with van der Waals surface area (Å²) in [5, 5.41) is 2.88. The monoisotopic (exact) mass is 441 g/mol. The predicted molar refractivity (Wildman–Crippen MR) is 86.5 cm³/mol. The summed E-state index contributed by atoms with van der Waals surface area (Å²) < 4.78 is 12.0. The van der Waals surface area contributed by atoms with Gasteiger partial charge in [-0.25, -0.2) is 0 Å². The molecule has 1 aromatic rings. The van der Waals surface area contributed by atoms with E-state index < -0.39 is 0 Å². The summed E-state index contributed by atoms with van der Waals surface area (Å²) in [6.07, 6.45) is 0.792. The molecule has 0 fully saturated rings. The van der Waals surface area contributed by atoms with Gasteiger partial charge in [0.2, 0.25) is 0 Å². The summed E-state index contributed by atoms with van der Waals surface area (Å²) in [5.74, 6) is -0.0532. The Morgan fingerprint density at radius 2 is 2.16 bits per heavy atom. The van der Waals surface area contributed by atoms with Crippen molar-refractivity contribution in [3.05, 3.63) is 31.8 Å². The van der Waals surface area contributed by atoms with Crippen LogP contribution in [0.1, 0.15) is 16.8 Å². The van der Waals surface area contributed by atoms with E-state index in [2.05, 4.69) is 43.8 Å². The molecule has 0 aromatic heterocycles. The number of hydrogen-bond donors (Lipinski definition) is 1. The zero-order chi connectivity index (χ0) is 14.1. The van der Waals surface area contributed by atoms with Gasteiger partial charge >= 0.3 is 0 Å². The summed E-state index contributed by atoms with van der Waals surface area (Å²) in [5.41, 5.74) is 0.690. The highest BCUT2D eigenvalue weighted by atomic mass is 127. The zero-order valence-electron chi connectivity index (χ0n) is 10.7. The fraction of sp³-hybridized carbons (Fsp3) is 0.462. The first-order chi connectivity index (χ1) is 9.15. The van der Waals surface area contributed by atoms with Crippen LogP contribution in [-0.2, 0) is 9.47 Å². The number of carbonyl (C=O) groups excluding carboxylic acids is 1. The summed E-state index contributed by atoms with van der Waals surface area (Å²) in [7, 11) is 1.64. The number of methoxy groups -OCH3 is 1. The van der Waals surface area contributed by atoms with Crippen LogP contribution < -0.4 is 5.32 Å². The fourth-order valence-corrected chi connectivity index (χ4v) is 2.33. The Morgan fingerprint density at radius 1 is 1.37 bits per heavy atom. The van der Waals surface area contributed by atoms with Gasteiger partial charge in [-0.05, 0) is 47.2 Å². The Kier molecular flexibility index (Phi) is 8.60. The van der Waals surface area contributed by atoms with E-state index in [1.165, 1.54) is 0 Å². The van der Waals surface area contributed by atoms with Crippen molar-refractivity contribution in [3.8, 4) is 0 Å². The van der Waals surface area contributed by atoms with Gasteiger partial charge < -0.3 is 14.8 Å². The molecule has 0 unspecified atom stereocenters. The smallest absolute Gasteiger partial charge is 0.252 e. The third kappa shape index (κ3) is 6.69. The van der Waals surface area contributed by atoms with Crippen molar-refractivity contribution in [2.45, 2.75) is 6.42 Å². The van der Waals surface area contributed by atoms with Crippen LogP contribution in [0.5, 0.6) is 0 Å². The van der Waals surface area contributed by atoms with Crippen LogP contribution in [0.2, 0.25) is 0 Å². The standard InChI is InChI=1S/C13H17BrINO3/c1-18-7-8-19-6-2-5-16-13(17)11-9-10(14)3-4-12(11)15/h3-4,9H,2,5-8H2,1H3,(H,16,17). The third-order valence-corrected chi connectivity index (χ3v) is 3.79. The van der Waals surface area contributed by atoms with Gasteiger partial charge in [-0.3, -0.25) is 4.79 Å². The molecule has 6 heteroatoms. The number of ether oxygens (including phenoxy) is 2. The van der Waals surface area contributed by atoms with Gasteiger partial charge in [-0.1, -0.05) is 15.9 Å². The van der Waals surface area contributed by atoms with E-state index in [0.29, 0.717) is 31.9 Å². The molecule has 0 aliphatic rings. The van der Waals surface area contributed by atoms with E-state index in [9.17, 15) is 4.79 Å². The molecule has 0 atom stereocenters. The number of rotatable bonds is 8. The molecule has 0 saturated carbocycles. The number of amides is 1. The highest BCUT2D eigenvalue weighted by molar-refractivity contribution is 14.1. The largest absolute Gasteiger partial charge is 0.382 e. The maximum absolute atomic E-state index is 12.0. The van der Waals surface area contributed by atoms with Crippen molar-refractivity contribution in [1.29, 1.82) is 0 Å². The molecule has 0 saturated heterocycles. The number of carbonyl (C=O) groups is 1. The van der Waals surface area contributed by atoms with Crippen LogP contribution >= 0.6 is 38.5 Å². The highest BCUT2D eigenvalue weighted by Gasteiger charge is 2.09. The molecule has 4 nitrogen and oxygen atoms in total. The van der Waals surface area contributed by atoms with Crippen LogP contribution in [0.3, 0.4) is 0 Å². The van der Waals surface area contributed by atoms with Crippen molar-refractivity contribution in [2.24, 2.45) is 0 Å². The zero-order valence-corrected chi connectivity index (χ0v) is 14.5. The first-order valence-electron chi connectivity index (χ1n) is 5.95. The van der Waals surface area contributed by atoms with Gasteiger partial charge in [-0.15, -0.1) is 0 Å². The SMILES string of the molecule is COCCOCCCNC(=O)c1cc(Br)ccc1I. The lowest BCUT2D eigenvalue weighted by atomic mass is 10.2. The van der Waals surface area contributed by atoms with E-state index >= 15 is 0 Å². The van der Waals surface area contributed by atoms with Gasteiger partial charge in [0, 0.05) is 28.3 Å². The lowest BCUT2D eigenvalue weighted by Crippen LogP contribution is -2.26. The molecule has 0 bridgehead atoms. The third-order valence-electron chi connectivity index (χ3n) is 2.36. The molecular formula is C13H17BrINO3. The van der Waals surface area contributed by atoms with Crippen LogP contribution in [0.15, 0.2) is 22.7 Å². The second kappa shape index (κ2) is 9.68. The van der Waals surface area contributed by atoms with Gasteiger partial charge in [-0.2, -0.15) is 0 Å². The molecule has 0 radical (unpaired) electrons. The lowest BCUT2D eigenvalue weighted by Gasteiger charge is -2.08. The van der Waals surface area contributed by atoms with Crippen LogP contribution in [0.4, 0.5) is 0 Å². The molecule has 1 amide bonds. The van der Waals surface area contributed by atoms with Crippen molar-refractivity contribution in [2.75, 3.05) is 33.5 Å². The molecule has 0 aliphatic carbocycles. The van der Waals surface area contributed by atoms with Crippen LogP contribution in [0.25, 0.3) is 0 Å². The minimum Gasteiger partial charge on any atom is -0.382 e. The average Bonchev–Trinajstić information content (AvgIpc) is 2.40. The maximum atomic E-state index is 12.0. The number of nitrogens with one attached hydrogen (secondary N) is 1. The first-order valence-corrected chi connectivity index (χ1v) is 7.82. The quantitative estimate of drug-likeness (QED) is 0.498. The Balaban J connectivity index is 2.26. The number of benzene rings is 1. The highest BCUT2D eigenvalue weighted by Crippen LogP contribution is 2.18. The molecule has 1 rings (SSSR count). The fourth-order valence-electron chi connectivity index (χ4n) is 1.39. The predicted octanol–water partition coefficient (Wildman–Crippen LogP) is 2.84. The second-order valence-corrected chi connectivity index (χ2v) is 5.92. The van der Waals surface area contributed by atoms with E-state index in [4.69, 9.17) is 9.47 Å². The Hall–Kier alpha value is -0.180. The Morgan fingerprint density at radius 3 is 2.89 bits per heavy atom. The lowest BCUT2D eigenvalue weighted by molar-refractivity contribution is 0.0688. The summed E-state index contributed by atoms with van der Waals surface area (Å²) in [6.45, 7) is 2.42. The molecule has 0 spiro atoms. The van der Waals surface area contributed by atoms with Crippen molar-refractivity contribution >= 4 is 44.4 Å². The summed E-state index contributed by atoms with van der Waals surface area (Å²) in [6, 6.07) is 5.65. The van der Waals surface area contributed by atoms with Crippen molar-refractivity contribution in [3.63, 3.8) is 0 Å². The first kappa shape index (κ1) is 16.9. The molecule has 106 valence electrons. The average molecular weight is 442 g/mol. The Bertz CT molecular complexity index is 415. The minimum absolute atomic E-state index is 0.0532. The van der Waals surface area contributed by atoms with Crippen LogP contribution in [-0.4, -0.2) is 39.4 Å². The Labute approximate surface area is 135 Å². The topological polar surface area (TPSA) is 47.6 Å². The molecule has 0 aliphatic heterocycles. The second-order valence-electron chi connectivity index (χ2n) is 3.84. The molecule has 1 aromatic carbocycles. The van der Waals surface area contributed by atoms with E-state index in [1.54, 1.807) is 7.11 Å². The van der Waals surface area contributed by atoms with Gasteiger partial charge in [0.05, 0.1) is 18.8 Å². The van der Waals surface area contributed by atoms with Crippen molar-refractivity contribution in [1.82, 2.24) is 5.32 Å². The summed E-state index contributed by atoms with van der Waals surface area (Å²) in [4.78, 5) is 12.0. The van der Waals surface area contributed by atoms with Gasteiger partial charge in [0.15, 0.2) is 0 Å². The van der Waals surface area contributed by atoms with E-state index in [0.717, 1.165) is 14.5 Å². The normalized spacial score (nSPS) is 10.5. The molecule has 0 heterocycles.